The van der Waals surface area contributed by atoms with Gasteiger partial charge < -0.3 is 20.1 Å². The minimum Gasteiger partial charge on any atom is -0.494 e. The van der Waals surface area contributed by atoms with Crippen molar-refractivity contribution >= 4 is 40.8 Å². The maximum atomic E-state index is 12.0. The van der Waals surface area contributed by atoms with Gasteiger partial charge in [-0.2, -0.15) is 0 Å². The van der Waals surface area contributed by atoms with Crippen LogP contribution in [-0.2, 0) is 19.1 Å². The number of benzene rings is 2. The van der Waals surface area contributed by atoms with Gasteiger partial charge in [0.05, 0.1) is 6.61 Å². The molecule has 30 heavy (non-hydrogen) atoms. The summed E-state index contributed by atoms with van der Waals surface area (Å²) in [6.07, 6.45) is 0.521. The van der Waals surface area contributed by atoms with E-state index in [1.165, 1.54) is 0 Å². The third-order valence-corrected chi connectivity index (χ3v) is 4.31. The van der Waals surface area contributed by atoms with Crippen LogP contribution in [0, 0.1) is 6.92 Å². The number of nitrogens with one attached hydrogen (secondary N) is 2. The Labute approximate surface area is 180 Å². The number of amides is 2. The monoisotopic (exact) mass is 432 g/mol. The number of rotatable bonds is 10. The second-order valence-corrected chi connectivity index (χ2v) is 6.96. The van der Waals surface area contributed by atoms with Crippen molar-refractivity contribution in [3.05, 3.63) is 53.1 Å². The molecule has 0 bridgehead atoms. The van der Waals surface area contributed by atoms with E-state index in [4.69, 9.17) is 21.1 Å². The van der Waals surface area contributed by atoms with Gasteiger partial charge in [0, 0.05) is 29.2 Å². The van der Waals surface area contributed by atoms with Gasteiger partial charge in [0.2, 0.25) is 5.91 Å². The van der Waals surface area contributed by atoms with Crippen LogP contribution in [0.4, 0.5) is 11.4 Å². The van der Waals surface area contributed by atoms with E-state index in [-0.39, 0.29) is 18.7 Å². The zero-order valence-electron chi connectivity index (χ0n) is 17.0. The average molecular weight is 433 g/mol. The van der Waals surface area contributed by atoms with Crippen molar-refractivity contribution in [3.63, 3.8) is 0 Å². The van der Waals surface area contributed by atoms with E-state index >= 15 is 0 Å². The molecule has 160 valence electrons. The fraction of sp³-hybridized carbons (Fsp3) is 0.318. The first-order valence-electron chi connectivity index (χ1n) is 9.61. The van der Waals surface area contributed by atoms with Gasteiger partial charge >= 0.3 is 5.97 Å². The highest BCUT2D eigenvalue weighted by molar-refractivity contribution is 6.31. The van der Waals surface area contributed by atoms with Gasteiger partial charge in [-0.25, -0.2) is 0 Å². The molecule has 0 spiro atoms. The molecule has 0 aliphatic heterocycles. The zero-order chi connectivity index (χ0) is 21.9. The number of ether oxygens (including phenoxy) is 2. The summed E-state index contributed by atoms with van der Waals surface area (Å²) >= 11 is 5.91. The smallest absolute Gasteiger partial charge is 0.306 e. The fourth-order valence-electron chi connectivity index (χ4n) is 2.55. The largest absolute Gasteiger partial charge is 0.494 e. The summed E-state index contributed by atoms with van der Waals surface area (Å²) < 4.78 is 10.3. The van der Waals surface area contributed by atoms with Gasteiger partial charge in [-0.15, -0.1) is 0 Å². The molecule has 2 amide bonds. The zero-order valence-corrected chi connectivity index (χ0v) is 17.8. The van der Waals surface area contributed by atoms with Gasteiger partial charge in [-0.05, 0) is 62.2 Å². The Morgan fingerprint density at radius 3 is 2.40 bits per heavy atom. The molecule has 2 N–H and O–H groups in total. The van der Waals surface area contributed by atoms with Crippen LogP contribution >= 0.6 is 11.6 Å². The van der Waals surface area contributed by atoms with Crippen molar-refractivity contribution in [3.8, 4) is 5.75 Å². The molecule has 0 atom stereocenters. The second kappa shape index (κ2) is 11.8. The summed E-state index contributed by atoms with van der Waals surface area (Å²) in [5, 5.41) is 5.89. The molecule has 0 saturated heterocycles. The van der Waals surface area contributed by atoms with Crippen molar-refractivity contribution in [2.75, 3.05) is 23.8 Å². The Morgan fingerprint density at radius 1 is 0.967 bits per heavy atom. The lowest BCUT2D eigenvalue weighted by molar-refractivity contribution is -0.147. The molecule has 0 unspecified atom stereocenters. The number of esters is 1. The van der Waals surface area contributed by atoms with Crippen LogP contribution in [-0.4, -0.2) is 31.0 Å². The van der Waals surface area contributed by atoms with Crippen molar-refractivity contribution in [2.45, 2.75) is 33.1 Å². The lowest BCUT2D eigenvalue weighted by atomic mass is 10.2. The molecule has 0 fully saturated rings. The van der Waals surface area contributed by atoms with Crippen LogP contribution in [0.5, 0.6) is 5.75 Å². The maximum Gasteiger partial charge on any atom is 0.306 e. The predicted molar refractivity (Wildman–Crippen MR) is 116 cm³/mol. The first-order chi connectivity index (χ1) is 14.4. The highest BCUT2D eigenvalue weighted by Crippen LogP contribution is 2.20. The first-order valence-corrected chi connectivity index (χ1v) is 9.99. The Balaban J connectivity index is 1.65. The van der Waals surface area contributed by atoms with Gasteiger partial charge in [0.1, 0.15) is 5.75 Å². The standard InChI is InChI=1S/C22H25ClN2O5/c1-3-29-18-11-9-17(10-12-18)24-20(26)5-4-6-22(28)30-14-21(27)25-19-13-16(23)8-7-15(19)2/h7-13H,3-6,14H2,1-2H3,(H,24,26)(H,25,27). The number of hydrogen-bond donors (Lipinski definition) is 2. The number of halogens is 1. The highest BCUT2D eigenvalue weighted by atomic mass is 35.5. The van der Waals surface area contributed by atoms with E-state index in [0.29, 0.717) is 29.4 Å². The van der Waals surface area contributed by atoms with Crippen molar-refractivity contribution < 1.29 is 23.9 Å². The Morgan fingerprint density at radius 2 is 1.70 bits per heavy atom. The molecule has 7 nitrogen and oxygen atoms in total. The van der Waals surface area contributed by atoms with Crippen LogP contribution in [0.25, 0.3) is 0 Å². The minimum absolute atomic E-state index is 0.0418. The summed E-state index contributed by atoms with van der Waals surface area (Å²) in [5.41, 5.74) is 2.06. The molecule has 0 aliphatic rings. The molecule has 8 heteroatoms. The van der Waals surface area contributed by atoms with Crippen molar-refractivity contribution in [1.82, 2.24) is 0 Å². The number of aryl methyl sites for hydroxylation is 1. The van der Waals surface area contributed by atoms with Gasteiger partial charge in [-0.3, -0.25) is 14.4 Å². The third kappa shape index (κ3) is 8.13. The number of hydrogen-bond acceptors (Lipinski definition) is 5. The molecule has 0 aliphatic carbocycles. The molecule has 2 aromatic rings. The molecule has 0 heterocycles. The SMILES string of the molecule is CCOc1ccc(NC(=O)CCCC(=O)OCC(=O)Nc2cc(Cl)ccc2C)cc1. The number of anilines is 2. The first kappa shape index (κ1) is 23.2. The van der Waals surface area contributed by atoms with Crippen LogP contribution in [0.2, 0.25) is 5.02 Å². The molecular formula is C22H25ClN2O5. The van der Waals surface area contributed by atoms with E-state index in [1.54, 1.807) is 42.5 Å². The van der Waals surface area contributed by atoms with E-state index in [9.17, 15) is 14.4 Å². The van der Waals surface area contributed by atoms with E-state index < -0.39 is 18.5 Å². The molecule has 2 aromatic carbocycles. The third-order valence-electron chi connectivity index (χ3n) is 4.07. The van der Waals surface area contributed by atoms with Crippen molar-refractivity contribution in [2.24, 2.45) is 0 Å². The lowest BCUT2D eigenvalue weighted by Gasteiger charge is -2.09. The van der Waals surface area contributed by atoms with Gasteiger partial charge in [-0.1, -0.05) is 17.7 Å². The highest BCUT2D eigenvalue weighted by Gasteiger charge is 2.11. The summed E-state index contributed by atoms with van der Waals surface area (Å²) in [7, 11) is 0. The maximum absolute atomic E-state index is 12.0. The van der Waals surface area contributed by atoms with Crippen LogP contribution in [0.3, 0.4) is 0 Å². The average Bonchev–Trinajstić information content (AvgIpc) is 2.71. The number of carbonyl (C=O) groups excluding carboxylic acids is 3. The Bertz CT molecular complexity index is 884. The molecule has 0 radical (unpaired) electrons. The normalized spacial score (nSPS) is 10.2. The lowest BCUT2D eigenvalue weighted by Crippen LogP contribution is -2.21. The summed E-state index contributed by atoms with van der Waals surface area (Å²) in [6, 6.07) is 12.2. The molecular weight excluding hydrogens is 408 g/mol. The quantitative estimate of drug-likeness (QED) is 0.545. The molecule has 2 rings (SSSR count). The number of carbonyl (C=O) groups is 3. The summed E-state index contributed by atoms with van der Waals surface area (Å²) in [5.74, 6) is -0.474. The second-order valence-electron chi connectivity index (χ2n) is 6.53. The Kier molecular flexibility index (Phi) is 9.15. The predicted octanol–water partition coefficient (Wildman–Crippen LogP) is 4.34. The molecule has 0 saturated carbocycles. The van der Waals surface area contributed by atoms with Crippen LogP contribution < -0.4 is 15.4 Å². The van der Waals surface area contributed by atoms with Crippen LogP contribution in [0.15, 0.2) is 42.5 Å². The van der Waals surface area contributed by atoms with Gasteiger partial charge in [0.25, 0.3) is 5.91 Å². The van der Waals surface area contributed by atoms with Crippen LogP contribution in [0.1, 0.15) is 31.7 Å². The van der Waals surface area contributed by atoms with Crippen molar-refractivity contribution in [1.29, 1.82) is 0 Å². The molecule has 0 aromatic heterocycles. The topological polar surface area (TPSA) is 93.7 Å². The van der Waals surface area contributed by atoms with E-state index in [1.807, 2.05) is 13.8 Å². The minimum atomic E-state index is -0.540. The van der Waals surface area contributed by atoms with E-state index in [0.717, 1.165) is 11.3 Å². The Hall–Kier alpha value is -3.06. The van der Waals surface area contributed by atoms with E-state index in [2.05, 4.69) is 10.6 Å². The summed E-state index contributed by atoms with van der Waals surface area (Å²) in [4.78, 5) is 35.7. The fourth-order valence-corrected chi connectivity index (χ4v) is 2.72. The van der Waals surface area contributed by atoms with Gasteiger partial charge in [0.15, 0.2) is 6.61 Å². The summed E-state index contributed by atoms with van der Waals surface area (Å²) in [6.45, 7) is 3.90.